The molecule has 0 saturated heterocycles. The maximum absolute atomic E-state index is 10.7. The van der Waals surface area contributed by atoms with E-state index in [1.807, 2.05) is 4.90 Å². The molecule has 0 radical (unpaired) electrons. The van der Waals surface area contributed by atoms with Crippen molar-refractivity contribution in [3.63, 3.8) is 0 Å². The summed E-state index contributed by atoms with van der Waals surface area (Å²) in [5, 5.41) is 8.76. The number of hydrogen-bond donors (Lipinski definition) is 1. The van der Waals surface area contributed by atoms with E-state index in [-0.39, 0.29) is 6.54 Å². The van der Waals surface area contributed by atoms with Gasteiger partial charge in [0.05, 0.1) is 6.54 Å². The molecule has 0 aromatic carbocycles. The average Bonchev–Trinajstić information content (AvgIpc) is 2.12. The van der Waals surface area contributed by atoms with Crippen LogP contribution < -0.4 is 0 Å². The van der Waals surface area contributed by atoms with Gasteiger partial charge in [-0.15, -0.1) is 6.58 Å². The number of rotatable bonds is 8. The first-order valence-electron chi connectivity index (χ1n) is 5.54. The SMILES string of the molecule is C=CCN(CC(=O)O)C(C)CCC(C)C. The van der Waals surface area contributed by atoms with E-state index in [1.54, 1.807) is 6.08 Å². The topological polar surface area (TPSA) is 40.5 Å². The lowest BCUT2D eigenvalue weighted by Gasteiger charge is -2.26. The fraction of sp³-hybridized carbons (Fsp3) is 0.750. The van der Waals surface area contributed by atoms with Crippen LogP contribution in [0.5, 0.6) is 0 Å². The summed E-state index contributed by atoms with van der Waals surface area (Å²) in [5.41, 5.74) is 0. The fourth-order valence-electron chi connectivity index (χ4n) is 1.50. The van der Waals surface area contributed by atoms with E-state index in [2.05, 4.69) is 27.4 Å². The molecule has 88 valence electrons. The normalized spacial score (nSPS) is 13.1. The highest BCUT2D eigenvalue weighted by molar-refractivity contribution is 5.69. The van der Waals surface area contributed by atoms with Gasteiger partial charge in [-0.05, 0) is 25.7 Å². The third-order valence-corrected chi connectivity index (χ3v) is 2.49. The molecule has 0 aromatic rings. The second-order valence-electron chi connectivity index (χ2n) is 4.43. The van der Waals surface area contributed by atoms with Crippen LogP contribution in [0.1, 0.15) is 33.6 Å². The minimum atomic E-state index is -0.770. The minimum absolute atomic E-state index is 0.102. The van der Waals surface area contributed by atoms with Gasteiger partial charge < -0.3 is 5.11 Å². The Bertz CT molecular complexity index is 202. The van der Waals surface area contributed by atoms with Crippen molar-refractivity contribution in [1.29, 1.82) is 0 Å². The Hall–Kier alpha value is -0.830. The molecular weight excluding hydrogens is 190 g/mol. The van der Waals surface area contributed by atoms with Crippen LogP contribution >= 0.6 is 0 Å². The number of aliphatic carboxylic acids is 1. The van der Waals surface area contributed by atoms with E-state index in [9.17, 15) is 4.79 Å². The van der Waals surface area contributed by atoms with E-state index in [0.717, 1.165) is 12.8 Å². The van der Waals surface area contributed by atoms with Gasteiger partial charge in [0, 0.05) is 12.6 Å². The zero-order valence-electron chi connectivity index (χ0n) is 10.1. The number of carboxylic acids is 1. The van der Waals surface area contributed by atoms with Gasteiger partial charge in [-0.1, -0.05) is 19.9 Å². The quantitative estimate of drug-likeness (QED) is 0.629. The molecular formula is C12H23NO2. The van der Waals surface area contributed by atoms with E-state index < -0.39 is 5.97 Å². The Morgan fingerprint density at radius 2 is 2.00 bits per heavy atom. The van der Waals surface area contributed by atoms with Gasteiger partial charge in [0.25, 0.3) is 0 Å². The van der Waals surface area contributed by atoms with Gasteiger partial charge in [-0.25, -0.2) is 0 Å². The first-order chi connectivity index (χ1) is 6.97. The molecule has 3 heteroatoms. The molecule has 15 heavy (non-hydrogen) atoms. The molecule has 0 heterocycles. The van der Waals surface area contributed by atoms with Crippen LogP contribution in [0.4, 0.5) is 0 Å². The zero-order valence-corrected chi connectivity index (χ0v) is 10.1. The van der Waals surface area contributed by atoms with Crippen LogP contribution in [0, 0.1) is 5.92 Å². The highest BCUT2D eigenvalue weighted by atomic mass is 16.4. The molecule has 0 saturated carbocycles. The van der Waals surface area contributed by atoms with E-state index >= 15 is 0 Å². The summed E-state index contributed by atoms with van der Waals surface area (Å²) in [6.45, 7) is 10.8. The van der Waals surface area contributed by atoms with Crippen molar-refractivity contribution in [2.45, 2.75) is 39.7 Å². The number of carboxylic acid groups (broad SMARTS) is 1. The number of nitrogens with zero attached hydrogens (tertiary/aromatic N) is 1. The maximum Gasteiger partial charge on any atom is 0.317 e. The molecule has 0 aromatic heterocycles. The Labute approximate surface area is 92.8 Å². The second-order valence-corrected chi connectivity index (χ2v) is 4.43. The molecule has 0 aliphatic carbocycles. The lowest BCUT2D eigenvalue weighted by Crippen LogP contribution is -2.37. The van der Waals surface area contributed by atoms with Crippen molar-refractivity contribution in [3.05, 3.63) is 12.7 Å². The lowest BCUT2D eigenvalue weighted by atomic mass is 10.0. The highest BCUT2D eigenvalue weighted by Gasteiger charge is 2.15. The Balaban J connectivity index is 4.08. The van der Waals surface area contributed by atoms with Crippen molar-refractivity contribution in [1.82, 2.24) is 4.90 Å². The number of carbonyl (C=O) groups is 1. The largest absolute Gasteiger partial charge is 0.480 e. The van der Waals surface area contributed by atoms with Crippen molar-refractivity contribution < 1.29 is 9.90 Å². The lowest BCUT2D eigenvalue weighted by molar-refractivity contribution is -0.138. The summed E-state index contributed by atoms with van der Waals surface area (Å²) >= 11 is 0. The molecule has 0 rings (SSSR count). The third-order valence-electron chi connectivity index (χ3n) is 2.49. The van der Waals surface area contributed by atoms with E-state index in [1.165, 1.54) is 0 Å². The van der Waals surface area contributed by atoms with Crippen LogP contribution in [0.15, 0.2) is 12.7 Å². The first kappa shape index (κ1) is 14.2. The fourth-order valence-corrected chi connectivity index (χ4v) is 1.50. The van der Waals surface area contributed by atoms with Gasteiger partial charge in [0.1, 0.15) is 0 Å². The van der Waals surface area contributed by atoms with Crippen LogP contribution in [-0.4, -0.2) is 35.1 Å². The van der Waals surface area contributed by atoms with E-state index in [4.69, 9.17) is 5.11 Å². The monoisotopic (exact) mass is 213 g/mol. The van der Waals surface area contributed by atoms with Crippen molar-refractivity contribution in [2.75, 3.05) is 13.1 Å². The molecule has 0 aliphatic heterocycles. The molecule has 0 aliphatic rings. The van der Waals surface area contributed by atoms with Gasteiger partial charge in [-0.2, -0.15) is 0 Å². The molecule has 0 amide bonds. The Kier molecular flexibility index (Phi) is 7.05. The average molecular weight is 213 g/mol. The molecule has 3 nitrogen and oxygen atoms in total. The zero-order chi connectivity index (χ0) is 11.8. The van der Waals surface area contributed by atoms with Gasteiger partial charge in [0.2, 0.25) is 0 Å². The summed E-state index contributed by atoms with van der Waals surface area (Å²) < 4.78 is 0. The first-order valence-corrected chi connectivity index (χ1v) is 5.54. The highest BCUT2D eigenvalue weighted by Crippen LogP contribution is 2.11. The third kappa shape index (κ3) is 7.14. The predicted octanol–water partition coefficient (Wildman–Crippen LogP) is 2.38. The molecule has 0 fully saturated rings. The maximum atomic E-state index is 10.7. The molecule has 0 bridgehead atoms. The summed E-state index contributed by atoms with van der Waals surface area (Å²) in [6, 6.07) is 0.307. The molecule has 1 atom stereocenters. The number of hydrogen-bond acceptors (Lipinski definition) is 2. The van der Waals surface area contributed by atoms with Gasteiger partial charge in [0.15, 0.2) is 0 Å². The minimum Gasteiger partial charge on any atom is -0.480 e. The molecule has 0 spiro atoms. The standard InChI is InChI=1S/C12H23NO2/c1-5-8-13(9-12(14)15)11(4)7-6-10(2)3/h5,10-11H,1,6-9H2,2-4H3,(H,14,15). The summed E-state index contributed by atoms with van der Waals surface area (Å²) in [5.74, 6) is -0.101. The molecule has 1 N–H and O–H groups in total. The predicted molar refractivity (Wildman–Crippen MR) is 62.9 cm³/mol. The Morgan fingerprint density at radius 1 is 1.40 bits per heavy atom. The Morgan fingerprint density at radius 3 is 2.40 bits per heavy atom. The summed E-state index contributed by atoms with van der Waals surface area (Å²) in [7, 11) is 0. The summed E-state index contributed by atoms with van der Waals surface area (Å²) in [4.78, 5) is 12.6. The van der Waals surface area contributed by atoms with Crippen LogP contribution in [-0.2, 0) is 4.79 Å². The van der Waals surface area contributed by atoms with Crippen LogP contribution in [0.3, 0.4) is 0 Å². The van der Waals surface area contributed by atoms with Crippen LogP contribution in [0.25, 0.3) is 0 Å². The van der Waals surface area contributed by atoms with Crippen LogP contribution in [0.2, 0.25) is 0 Å². The van der Waals surface area contributed by atoms with Gasteiger partial charge >= 0.3 is 5.97 Å². The second kappa shape index (κ2) is 7.46. The van der Waals surface area contributed by atoms with Crippen molar-refractivity contribution in [3.8, 4) is 0 Å². The van der Waals surface area contributed by atoms with E-state index in [0.29, 0.717) is 18.5 Å². The van der Waals surface area contributed by atoms with Crippen molar-refractivity contribution >= 4 is 5.97 Å². The van der Waals surface area contributed by atoms with Crippen molar-refractivity contribution in [2.24, 2.45) is 5.92 Å². The smallest absolute Gasteiger partial charge is 0.317 e. The molecule has 1 unspecified atom stereocenters. The summed E-state index contributed by atoms with van der Waals surface area (Å²) in [6.07, 6.45) is 3.93. The van der Waals surface area contributed by atoms with Gasteiger partial charge in [-0.3, -0.25) is 9.69 Å².